The monoisotopic (exact) mass is 289 g/mol. The molecule has 4 nitrogen and oxygen atoms in total. The van der Waals surface area contributed by atoms with Gasteiger partial charge in [-0.05, 0) is 45.1 Å². The van der Waals surface area contributed by atoms with Gasteiger partial charge in [0.05, 0.1) is 5.41 Å². The highest BCUT2D eigenvalue weighted by Gasteiger charge is 2.57. The van der Waals surface area contributed by atoms with E-state index in [2.05, 4.69) is 17.1 Å². The molecule has 4 rings (SSSR count). The van der Waals surface area contributed by atoms with Gasteiger partial charge >= 0.3 is 0 Å². The van der Waals surface area contributed by atoms with Crippen molar-refractivity contribution < 1.29 is 4.79 Å². The van der Waals surface area contributed by atoms with Gasteiger partial charge in [-0.2, -0.15) is 0 Å². The largest absolute Gasteiger partial charge is 0.331 e. The first-order valence-corrected chi connectivity index (χ1v) is 8.83. The minimum Gasteiger partial charge on any atom is -0.331 e. The van der Waals surface area contributed by atoms with Gasteiger partial charge in [0.25, 0.3) is 0 Å². The molecular weight excluding hydrogens is 262 g/mol. The van der Waals surface area contributed by atoms with Crippen LogP contribution in [0.25, 0.3) is 0 Å². The van der Waals surface area contributed by atoms with E-state index in [9.17, 15) is 4.79 Å². The predicted molar refractivity (Wildman–Crippen MR) is 83.3 cm³/mol. The van der Waals surface area contributed by atoms with Crippen molar-refractivity contribution in [3.05, 3.63) is 0 Å². The topological polar surface area (TPSA) is 44.7 Å². The number of amides is 1. The average Bonchev–Trinajstić information content (AvgIpc) is 2.47. The van der Waals surface area contributed by atoms with E-state index in [1.807, 2.05) is 0 Å². The molecule has 0 aromatic carbocycles. The third-order valence-corrected chi connectivity index (χ3v) is 6.25. The number of nitrogens with one attached hydrogen (secondary N) is 1. The van der Waals surface area contributed by atoms with Crippen molar-refractivity contribution in [2.24, 2.45) is 16.3 Å². The summed E-state index contributed by atoms with van der Waals surface area (Å²) in [4.78, 5) is 20.8. The number of nitrogens with zero attached hydrogens (tertiary/aromatic N) is 2. The van der Waals surface area contributed by atoms with Gasteiger partial charge in [-0.1, -0.05) is 19.8 Å². The van der Waals surface area contributed by atoms with Gasteiger partial charge < -0.3 is 10.2 Å². The summed E-state index contributed by atoms with van der Waals surface area (Å²) in [6, 6.07) is 0. The van der Waals surface area contributed by atoms with Crippen LogP contribution in [-0.4, -0.2) is 41.8 Å². The number of rotatable bonds is 1. The van der Waals surface area contributed by atoms with Gasteiger partial charge in [0.1, 0.15) is 5.66 Å². The zero-order valence-electron chi connectivity index (χ0n) is 13.2. The van der Waals surface area contributed by atoms with E-state index in [0.29, 0.717) is 5.92 Å². The lowest BCUT2D eigenvalue weighted by molar-refractivity contribution is -0.134. The molecule has 2 saturated carbocycles. The minimum atomic E-state index is -0.292. The van der Waals surface area contributed by atoms with Crippen molar-refractivity contribution in [2.75, 3.05) is 19.6 Å². The van der Waals surface area contributed by atoms with Crippen LogP contribution >= 0.6 is 0 Å². The Morgan fingerprint density at radius 2 is 2.05 bits per heavy atom. The van der Waals surface area contributed by atoms with E-state index < -0.39 is 0 Å². The third-order valence-electron chi connectivity index (χ3n) is 6.25. The molecule has 2 bridgehead atoms. The number of hydrogen-bond donors (Lipinski definition) is 1. The summed E-state index contributed by atoms with van der Waals surface area (Å²) in [6.45, 7) is 5.25. The van der Waals surface area contributed by atoms with Crippen LogP contribution in [0.4, 0.5) is 0 Å². The Morgan fingerprint density at radius 1 is 1.24 bits per heavy atom. The van der Waals surface area contributed by atoms with E-state index in [-0.39, 0.29) is 17.0 Å². The van der Waals surface area contributed by atoms with Crippen molar-refractivity contribution in [3.8, 4) is 0 Å². The second kappa shape index (κ2) is 4.80. The Hall–Kier alpha value is -0.900. The maximum atomic E-state index is 13.1. The summed E-state index contributed by atoms with van der Waals surface area (Å²) in [5.74, 6) is 0.814. The highest BCUT2D eigenvalue weighted by molar-refractivity contribution is 6.12. The molecule has 4 heteroatoms. The van der Waals surface area contributed by atoms with Crippen molar-refractivity contribution in [1.29, 1.82) is 0 Å². The molecule has 2 aliphatic heterocycles. The van der Waals surface area contributed by atoms with Gasteiger partial charge in [-0.25, -0.2) is 0 Å². The van der Waals surface area contributed by atoms with Crippen LogP contribution in [0.2, 0.25) is 0 Å². The molecule has 1 amide bonds. The number of aliphatic imine (C=N–C) groups is 1. The maximum absolute atomic E-state index is 13.1. The molecule has 0 radical (unpaired) electrons. The zero-order valence-corrected chi connectivity index (χ0v) is 13.2. The molecule has 0 aromatic rings. The molecule has 116 valence electrons. The Bertz CT molecular complexity index is 480. The maximum Gasteiger partial charge on any atom is 0.235 e. The number of likely N-dealkylation sites (tertiary alicyclic amines) is 1. The number of hydrogen-bond acceptors (Lipinski definition) is 3. The molecule has 3 fully saturated rings. The highest BCUT2D eigenvalue weighted by Crippen LogP contribution is 2.47. The summed E-state index contributed by atoms with van der Waals surface area (Å²) in [6.07, 6.45) is 9.19. The molecule has 0 aromatic heterocycles. The molecule has 2 atom stereocenters. The first-order chi connectivity index (χ1) is 10.2. The summed E-state index contributed by atoms with van der Waals surface area (Å²) >= 11 is 0. The van der Waals surface area contributed by atoms with Crippen LogP contribution in [0.15, 0.2) is 4.99 Å². The van der Waals surface area contributed by atoms with Crippen LogP contribution in [0, 0.1) is 11.3 Å². The van der Waals surface area contributed by atoms with Gasteiger partial charge in [0, 0.05) is 24.7 Å². The van der Waals surface area contributed by atoms with Crippen molar-refractivity contribution >= 4 is 11.6 Å². The van der Waals surface area contributed by atoms with Gasteiger partial charge in [-0.3, -0.25) is 9.79 Å². The summed E-state index contributed by atoms with van der Waals surface area (Å²) in [5, 5.41) is 3.37. The molecule has 0 unspecified atom stereocenters. The Kier molecular flexibility index (Phi) is 3.14. The molecule has 2 aliphatic carbocycles. The fraction of sp³-hybridized carbons (Fsp3) is 0.882. The van der Waals surface area contributed by atoms with Crippen LogP contribution < -0.4 is 5.32 Å². The predicted octanol–water partition coefficient (Wildman–Crippen LogP) is 2.34. The molecule has 1 saturated heterocycles. The molecule has 2 heterocycles. The fourth-order valence-corrected chi connectivity index (χ4v) is 5.11. The Labute approximate surface area is 127 Å². The lowest BCUT2D eigenvalue weighted by atomic mass is 9.62. The zero-order chi connectivity index (χ0) is 14.5. The first-order valence-electron chi connectivity index (χ1n) is 8.83. The van der Waals surface area contributed by atoms with Crippen molar-refractivity contribution in [3.63, 3.8) is 0 Å². The lowest BCUT2D eigenvalue weighted by Gasteiger charge is -2.54. The SMILES string of the molecule is CCN1C[C@H]2CCC[C@@]3(C1)C(=O)NC1(CCCCC1)N=C23. The van der Waals surface area contributed by atoms with E-state index >= 15 is 0 Å². The minimum absolute atomic E-state index is 0.238. The molecule has 21 heavy (non-hydrogen) atoms. The van der Waals surface area contributed by atoms with E-state index in [1.165, 1.54) is 37.8 Å². The van der Waals surface area contributed by atoms with Gasteiger partial charge in [0.15, 0.2) is 0 Å². The quantitative estimate of drug-likeness (QED) is 0.805. The molecular formula is C17H27N3O. The van der Waals surface area contributed by atoms with Gasteiger partial charge in [-0.15, -0.1) is 0 Å². The number of carbonyl (C=O) groups is 1. The van der Waals surface area contributed by atoms with Crippen molar-refractivity contribution in [1.82, 2.24) is 10.2 Å². The molecule has 4 aliphatic rings. The second-order valence-electron chi connectivity index (χ2n) is 7.54. The van der Waals surface area contributed by atoms with E-state index in [0.717, 1.165) is 38.9 Å². The lowest BCUT2D eigenvalue weighted by Crippen LogP contribution is -2.69. The van der Waals surface area contributed by atoms with Crippen LogP contribution in [0.5, 0.6) is 0 Å². The molecule has 1 spiro atoms. The Morgan fingerprint density at radius 3 is 2.81 bits per heavy atom. The standard InChI is InChI=1S/C17H27N3O/c1-2-20-11-13-7-6-8-16(12-20)14(13)18-17(19-15(16)21)9-4-3-5-10-17/h13H,2-12H2,1H3,(H,19,21)/t13-,16+/m1/s1. The fourth-order valence-electron chi connectivity index (χ4n) is 5.11. The van der Waals surface area contributed by atoms with Gasteiger partial charge in [0.2, 0.25) is 5.91 Å². The number of piperidine rings is 1. The first kappa shape index (κ1) is 13.7. The molecule has 1 N–H and O–H groups in total. The van der Waals surface area contributed by atoms with Crippen molar-refractivity contribution in [2.45, 2.75) is 64.0 Å². The third kappa shape index (κ3) is 1.98. The van der Waals surface area contributed by atoms with Crippen LogP contribution in [-0.2, 0) is 4.79 Å². The van der Waals surface area contributed by atoms with E-state index in [4.69, 9.17) is 4.99 Å². The summed E-state index contributed by atoms with van der Waals surface area (Å²) in [5.41, 5.74) is 0.752. The second-order valence-corrected chi connectivity index (χ2v) is 7.54. The van der Waals surface area contributed by atoms with Crippen LogP contribution in [0.1, 0.15) is 58.3 Å². The summed E-state index contributed by atoms with van der Waals surface area (Å²) < 4.78 is 0. The Balaban J connectivity index is 1.75. The smallest absolute Gasteiger partial charge is 0.235 e. The highest BCUT2D eigenvalue weighted by atomic mass is 16.2. The average molecular weight is 289 g/mol. The summed E-state index contributed by atoms with van der Waals surface area (Å²) in [7, 11) is 0. The van der Waals surface area contributed by atoms with E-state index in [1.54, 1.807) is 0 Å². The normalized spacial score (nSPS) is 38.6. The van der Waals surface area contributed by atoms with Crippen LogP contribution in [0.3, 0.4) is 0 Å². The number of carbonyl (C=O) groups excluding carboxylic acids is 1.